The molecule has 0 saturated heterocycles. The van der Waals surface area contributed by atoms with Gasteiger partial charge in [0.25, 0.3) is 0 Å². The van der Waals surface area contributed by atoms with Crippen LogP contribution < -0.4 is 0 Å². The molecule has 0 aromatic heterocycles. The van der Waals surface area contributed by atoms with Gasteiger partial charge in [0.05, 0.1) is 12.4 Å². The Bertz CT molecular complexity index is 1890. The lowest BCUT2D eigenvalue weighted by atomic mass is 9.90. The monoisotopic (exact) mass is 732 g/mol. The quantitative estimate of drug-likeness (QED) is 0.142. The zero-order valence-corrected chi connectivity index (χ0v) is 34.0. The first-order chi connectivity index (χ1) is 23.9. The van der Waals surface area contributed by atoms with E-state index in [4.69, 9.17) is 23.6 Å². The molecule has 0 radical (unpaired) electrons. The Morgan fingerprint density at radius 3 is 0.860 bits per heavy atom. The Morgan fingerprint density at radius 1 is 0.380 bits per heavy atom. The first-order valence-corrected chi connectivity index (χ1v) is 23.5. The molecule has 2 unspecified atom stereocenters. The Labute approximate surface area is 311 Å². The van der Waals surface area contributed by atoms with E-state index in [1.165, 1.54) is 55.2 Å². The lowest BCUT2D eigenvalue weighted by Crippen LogP contribution is -2.35. The standard InChI is InChI=1S/C44H50N2P2S2/c1-31(2)45(32(3)4)47(49)29-39(35-21-13-9-14-22-35)41(37-25-17-11-18-26-37)43(47)44-42(38-27-19-12-20-28-38)40(36-23-15-10-16-24-36)30-48(44,50)46(33(5)6)34(7)8/h9-34H,1-8H3. The van der Waals surface area contributed by atoms with Crippen LogP contribution in [0.15, 0.2) is 144 Å². The van der Waals surface area contributed by atoms with Crippen LogP contribution in [0.2, 0.25) is 0 Å². The summed E-state index contributed by atoms with van der Waals surface area (Å²) in [5.41, 5.74) is 9.67. The van der Waals surface area contributed by atoms with Crippen LogP contribution in [0, 0.1) is 0 Å². The second-order valence-corrected chi connectivity index (χ2v) is 22.5. The SMILES string of the molecule is CC(C)N(C(C)C)P1(=S)C=C(c2ccccc2)C(c2ccccc2)=C1C1=C(c2ccccc2)C(c2ccccc2)=CP1(=S)N(C(C)C)C(C)C. The summed E-state index contributed by atoms with van der Waals surface area (Å²) < 4.78 is 5.28. The predicted molar refractivity (Wildman–Crippen MR) is 228 cm³/mol. The van der Waals surface area contributed by atoms with Gasteiger partial charge in [-0.3, -0.25) is 9.34 Å². The smallest absolute Gasteiger partial charge is 0.0664 e. The highest BCUT2D eigenvalue weighted by atomic mass is 32.4. The summed E-state index contributed by atoms with van der Waals surface area (Å²) in [6.45, 7) is 18.5. The van der Waals surface area contributed by atoms with Gasteiger partial charge in [-0.25, -0.2) is 0 Å². The van der Waals surface area contributed by atoms with Gasteiger partial charge in [0.2, 0.25) is 0 Å². The van der Waals surface area contributed by atoms with Gasteiger partial charge in [0, 0.05) is 45.9 Å². The maximum Gasteiger partial charge on any atom is 0.0664 e. The van der Waals surface area contributed by atoms with E-state index in [2.05, 4.69) is 198 Å². The van der Waals surface area contributed by atoms with Crippen LogP contribution in [0.1, 0.15) is 77.6 Å². The number of nitrogens with zero attached hydrogens (tertiary/aromatic N) is 2. The average molecular weight is 733 g/mol. The van der Waals surface area contributed by atoms with Crippen LogP contribution in [-0.2, 0) is 23.6 Å². The summed E-state index contributed by atoms with van der Waals surface area (Å²) in [7, 11) is 0. The molecular formula is C44H50N2P2S2. The Balaban J connectivity index is 1.89. The molecule has 2 aliphatic heterocycles. The maximum atomic E-state index is 7.33. The summed E-state index contributed by atoms with van der Waals surface area (Å²) in [6, 6.07) is 44.6. The Kier molecular flexibility index (Phi) is 11.0. The van der Waals surface area contributed by atoms with E-state index >= 15 is 0 Å². The van der Waals surface area contributed by atoms with Gasteiger partial charge in [-0.05, 0) is 100 Å². The van der Waals surface area contributed by atoms with Crippen molar-refractivity contribution in [1.82, 2.24) is 9.34 Å². The number of hydrogen-bond donors (Lipinski definition) is 0. The summed E-state index contributed by atoms with van der Waals surface area (Å²) in [5.74, 6) is 5.00. The fourth-order valence-electron chi connectivity index (χ4n) is 8.12. The molecule has 2 aliphatic rings. The zero-order valence-electron chi connectivity index (χ0n) is 30.6. The molecule has 0 saturated carbocycles. The number of allylic oxidation sites excluding steroid dienone is 6. The molecule has 2 atom stereocenters. The Hall–Kier alpha value is -2.94. The first kappa shape index (κ1) is 36.8. The van der Waals surface area contributed by atoms with Crippen LogP contribution in [0.25, 0.3) is 22.3 Å². The summed E-state index contributed by atoms with van der Waals surface area (Å²) in [5, 5.41) is 2.55. The van der Waals surface area contributed by atoms with Gasteiger partial charge in [0.15, 0.2) is 0 Å². The van der Waals surface area contributed by atoms with Crippen molar-refractivity contribution in [2.24, 2.45) is 0 Å². The number of benzene rings is 4. The minimum Gasteiger partial charge on any atom is -0.263 e. The highest BCUT2D eigenvalue weighted by molar-refractivity contribution is 8.20. The third-order valence-corrected chi connectivity index (χ3v) is 19.2. The minimum atomic E-state index is -2.62. The van der Waals surface area contributed by atoms with Crippen LogP contribution in [0.3, 0.4) is 0 Å². The second-order valence-electron chi connectivity index (χ2n) is 14.4. The molecule has 258 valence electrons. The molecule has 0 fully saturated rings. The van der Waals surface area contributed by atoms with Crippen molar-refractivity contribution in [2.45, 2.75) is 79.6 Å². The molecule has 0 N–H and O–H groups in total. The fourth-order valence-corrected chi connectivity index (χ4v) is 20.4. The van der Waals surface area contributed by atoms with Gasteiger partial charge in [-0.1, -0.05) is 145 Å². The van der Waals surface area contributed by atoms with Crippen LogP contribution >= 0.6 is 12.4 Å². The average Bonchev–Trinajstić information content (AvgIpc) is 3.56. The normalized spacial score (nSPS) is 21.1. The van der Waals surface area contributed by atoms with Crippen molar-refractivity contribution in [1.29, 1.82) is 0 Å². The predicted octanol–water partition coefficient (Wildman–Crippen LogP) is 12.9. The van der Waals surface area contributed by atoms with E-state index in [0.717, 1.165) is 0 Å². The van der Waals surface area contributed by atoms with Crippen molar-refractivity contribution in [2.75, 3.05) is 0 Å². The molecule has 4 aromatic carbocycles. The fraction of sp³-hybridized carbons (Fsp3) is 0.273. The van der Waals surface area contributed by atoms with E-state index < -0.39 is 12.4 Å². The van der Waals surface area contributed by atoms with Gasteiger partial charge in [0.1, 0.15) is 0 Å². The zero-order chi connectivity index (χ0) is 35.8. The van der Waals surface area contributed by atoms with E-state index in [1.807, 2.05) is 0 Å². The highest BCUT2D eigenvalue weighted by Crippen LogP contribution is 2.81. The van der Waals surface area contributed by atoms with E-state index in [-0.39, 0.29) is 24.2 Å². The van der Waals surface area contributed by atoms with Gasteiger partial charge < -0.3 is 0 Å². The van der Waals surface area contributed by atoms with Crippen LogP contribution in [0.4, 0.5) is 0 Å². The van der Waals surface area contributed by atoms with Gasteiger partial charge >= 0.3 is 0 Å². The van der Waals surface area contributed by atoms with E-state index in [9.17, 15) is 0 Å². The molecule has 0 bridgehead atoms. The Morgan fingerprint density at radius 2 is 0.620 bits per heavy atom. The summed E-state index contributed by atoms with van der Waals surface area (Å²) in [4.78, 5) is 0. The first-order valence-electron chi connectivity index (χ1n) is 17.9. The second kappa shape index (κ2) is 15.0. The van der Waals surface area contributed by atoms with E-state index in [1.54, 1.807) is 0 Å². The van der Waals surface area contributed by atoms with Crippen molar-refractivity contribution < 1.29 is 0 Å². The largest absolute Gasteiger partial charge is 0.263 e. The molecule has 50 heavy (non-hydrogen) atoms. The molecule has 6 rings (SSSR count). The third-order valence-electron chi connectivity index (χ3n) is 9.58. The van der Waals surface area contributed by atoms with Crippen molar-refractivity contribution >= 4 is 58.3 Å². The maximum absolute atomic E-state index is 7.33. The highest BCUT2D eigenvalue weighted by Gasteiger charge is 2.49. The van der Waals surface area contributed by atoms with Crippen molar-refractivity contribution in [3.8, 4) is 0 Å². The molecule has 4 aromatic rings. The topological polar surface area (TPSA) is 6.48 Å². The summed E-state index contributed by atoms with van der Waals surface area (Å²) >= 11 is 14.7. The van der Waals surface area contributed by atoms with Crippen LogP contribution in [-0.4, -0.2) is 33.5 Å². The van der Waals surface area contributed by atoms with Gasteiger partial charge in [-0.15, -0.1) is 0 Å². The minimum absolute atomic E-state index is 0.229. The molecule has 0 aliphatic carbocycles. The van der Waals surface area contributed by atoms with Crippen LogP contribution in [0.5, 0.6) is 0 Å². The molecule has 0 spiro atoms. The van der Waals surface area contributed by atoms with Crippen molar-refractivity contribution in [3.63, 3.8) is 0 Å². The molecule has 2 nitrogen and oxygen atoms in total. The molecule has 2 heterocycles. The number of rotatable bonds is 11. The number of hydrogen-bond acceptors (Lipinski definition) is 2. The third kappa shape index (κ3) is 6.61. The van der Waals surface area contributed by atoms with Gasteiger partial charge in [-0.2, -0.15) is 0 Å². The molecular weight excluding hydrogens is 683 g/mol. The molecule has 0 amide bonds. The van der Waals surface area contributed by atoms with Crippen molar-refractivity contribution in [3.05, 3.63) is 166 Å². The lowest BCUT2D eigenvalue weighted by Gasteiger charge is -2.44. The lowest BCUT2D eigenvalue weighted by molar-refractivity contribution is 0.324. The summed E-state index contributed by atoms with van der Waals surface area (Å²) in [6.07, 6.45) is -5.25. The molecule has 6 heteroatoms. The van der Waals surface area contributed by atoms with E-state index in [0.29, 0.717) is 0 Å².